The van der Waals surface area contributed by atoms with Crippen LogP contribution in [0.3, 0.4) is 0 Å². The molecule has 0 saturated carbocycles. The first-order valence-corrected chi connectivity index (χ1v) is 11.1. The molecule has 6 heteroatoms. The van der Waals surface area contributed by atoms with Gasteiger partial charge in [-0.25, -0.2) is 4.39 Å². The molecule has 0 aliphatic carbocycles. The van der Waals surface area contributed by atoms with Crippen molar-refractivity contribution in [3.63, 3.8) is 0 Å². The predicted octanol–water partition coefficient (Wildman–Crippen LogP) is 7.99. The van der Waals surface area contributed by atoms with Crippen LogP contribution >= 0.6 is 30.5 Å². The molecule has 2 nitrogen and oxygen atoms in total. The van der Waals surface area contributed by atoms with Crippen molar-refractivity contribution in [2.45, 2.75) is 0 Å². The van der Waals surface area contributed by atoms with E-state index in [1.807, 2.05) is 60.7 Å². The molecule has 0 aliphatic rings. The van der Waals surface area contributed by atoms with E-state index in [0.717, 1.165) is 11.1 Å². The molecule has 0 fully saturated rings. The van der Waals surface area contributed by atoms with Gasteiger partial charge in [-0.15, -0.1) is 0 Å². The summed E-state index contributed by atoms with van der Waals surface area (Å²) in [5.41, 5.74) is 1.95. The molecule has 3 rings (SSSR count). The zero-order valence-corrected chi connectivity index (χ0v) is 17.1. The van der Waals surface area contributed by atoms with Crippen molar-refractivity contribution in [3.05, 3.63) is 114 Å². The lowest BCUT2D eigenvalue weighted by molar-refractivity contribution is 0.589. The SMILES string of the molecule is O=P(/C=C(\Cl)c1ccccc1)(/C=C(\Cl)c1ccccc1)Nc1ccc(F)cc1. The largest absolute Gasteiger partial charge is 0.330 e. The second kappa shape index (κ2) is 9.25. The summed E-state index contributed by atoms with van der Waals surface area (Å²) in [6.45, 7) is 0. The van der Waals surface area contributed by atoms with Gasteiger partial charge in [-0.2, -0.15) is 0 Å². The zero-order chi connectivity index (χ0) is 20.0. The maximum Gasteiger partial charge on any atom is 0.216 e. The summed E-state index contributed by atoms with van der Waals surface area (Å²) < 4.78 is 26.9. The van der Waals surface area contributed by atoms with Crippen LogP contribution < -0.4 is 5.09 Å². The van der Waals surface area contributed by atoms with Crippen LogP contribution in [0.5, 0.6) is 0 Å². The molecule has 0 spiro atoms. The van der Waals surface area contributed by atoms with Crippen molar-refractivity contribution in [1.29, 1.82) is 0 Å². The van der Waals surface area contributed by atoms with Crippen molar-refractivity contribution < 1.29 is 8.96 Å². The van der Waals surface area contributed by atoms with Gasteiger partial charge in [-0.05, 0) is 35.4 Å². The van der Waals surface area contributed by atoms with Gasteiger partial charge in [-0.1, -0.05) is 83.9 Å². The second-order valence-corrected chi connectivity index (χ2v) is 8.99. The van der Waals surface area contributed by atoms with Gasteiger partial charge in [0, 0.05) is 17.3 Å². The summed E-state index contributed by atoms with van der Waals surface area (Å²) in [7, 11) is -3.36. The third-order valence-corrected chi connectivity index (χ3v) is 6.71. The van der Waals surface area contributed by atoms with E-state index in [-0.39, 0.29) is 5.82 Å². The highest BCUT2D eigenvalue weighted by Crippen LogP contribution is 2.53. The molecule has 0 aromatic heterocycles. The molecule has 3 aromatic rings. The zero-order valence-electron chi connectivity index (χ0n) is 14.7. The predicted molar refractivity (Wildman–Crippen MR) is 118 cm³/mol. The normalized spacial score (nSPS) is 12.7. The van der Waals surface area contributed by atoms with Gasteiger partial charge in [0.15, 0.2) is 0 Å². The Morgan fingerprint density at radius 3 is 1.61 bits per heavy atom. The molecule has 1 N–H and O–H groups in total. The Morgan fingerprint density at radius 1 is 0.750 bits per heavy atom. The minimum absolute atomic E-state index is 0.326. The van der Waals surface area contributed by atoms with Gasteiger partial charge < -0.3 is 5.09 Å². The molecule has 0 amide bonds. The van der Waals surface area contributed by atoms with Gasteiger partial charge in [0.1, 0.15) is 5.82 Å². The van der Waals surface area contributed by atoms with E-state index < -0.39 is 7.29 Å². The fourth-order valence-electron chi connectivity index (χ4n) is 2.51. The van der Waals surface area contributed by atoms with Gasteiger partial charge in [0.05, 0.1) is 10.1 Å². The van der Waals surface area contributed by atoms with E-state index in [9.17, 15) is 8.96 Å². The molecule has 0 unspecified atom stereocenters. The van der Waals surface area contributed by atoms with Crippen molar-refractivity contribution in [2.24, 2.45) is 0 Å². The fraction of sp³-hybridized carbons (Fsp3) is 0. The Hall–Kier alpha value is -2.32. The van der Waals surface area contributed by atoms with Crippen molar-refractivity contribution >= 4 is 46.2 Å². The van der Waals surface area contributed by atoms with Crippen LogP contribution in [0.25, 0.3) is 10.1 Å². The average molecular weight is 432 g/mol. The fourth-order valence-corrected chi connectivity index (χ4v) is 5.36. The van der Waals surface area contributed by atoms with Crippen LogP contribution in [0.15, 0.2) is 96.6 Å². The van der Waals surface area contributed by atoms with Crippen LogP contribution in [0, 0.1) is 5.82 Å². The van der Waals surface area contributed by atoms with Crippen LogP contribution in [0.1, 0.15) is 11.1 Å². The topological polar surface area (TPSA) is 29.1 Å². The summed E-state index contributed by atoms with van der Waals surface area (Å²) in [5, 5.41) is 3.60. The minimum Gasteiger partial charge on any atom is -0.330 e. The number of hydrogen-bond acceptors (Lipinski definition) is 1. The Labute approximate surface area is 173 Å². The number of halogens is 3. The molecule has 0 heterocycles. The first kappa shape index (κ1) is 20.4. The molecule has 142 valence electrons. The first-order chi connectivity index (χ1) is 13.5. The first-order valence-electron chi connectivity index (χ1n) is 8.46. The Bertz CT molecular complexity index is 976. The highest BCUT2D eigenvalue weighted by atomic mass is 35.5. The molecule has 0 radical (unpaired) electrons. The summed E-state index contributed by atoms with van der Waals surface area (Å²) >= 11 is 12.9. The Kier molecular flexibility index (Phi) is 6.74. The van der Waals surface area contributed by atoms with Gasteiger partial charge in [-0.3, -0.25) is 4.57 Å². The van der Waals surface area contributed by atoms with Crippen LogP contribution in [0.2, 0.25) is 0 Å². The molecule has 0 saturated heterocycles. The molecule has 0 aliphatic heterocycles. The molecule has 3 aromatic carbocycles. The Balaban J connectivity index is 2.02. The Morgan fingerprint density at radius 2 is 1.18 bits per heavy atom. The van der Waals surface area contributed by atoms with Crippen molar-refractivity contribution in [2.75, 3.05) is 5.09 Å². The lowest BCUT2D eigenvalue weighted by Gasteiger charge is -2.16. The molecule has 0 bridgehead atoms. The number of rotatable bonds is 6. The van der Waals surface area contributed by atoms with Crippen LogP contribution in [-0.4, -0.2) is 0 Å². The van der Waals surface area contributed by atoms with Crippen LogP contribution in [-0.2, 0) is 4.57 Å². The van der Waals surface area contributed by atoms with E-state index in [2.05, 4.69) is 5.09 Å². The highest BCUT2D eigenvalue weighted by molar-refractivity contribution is 7.72. The summed E-state index contributed by atoms with van der Waals surface area (Å²) in [4.78, 5) is 0. The smallest absolute Gasteiger partial charge is 0.216 e. The van der Waals surface area contributed by atoms with E-state index >= 15 is 0 Å². The van der Waals surface area contributed by atoms with Crippen molar-refractivity contribution in [3.8, 4) is 0 Å². The lowest BCUT2D eigenvalue weighted by Crippen LogP contribution is -1.94. The van der Waals surface area contributed by atoms with Gasteiger partial charge in [0.25, 0.3) is 0 Å². The van der Waals surface area contributed by atoms with E-state index in [0.29, 0.717) is 15.8 Å². The maximum atomic E-state index is 13.7. The van der Waals surface area contributed by atoms with E-state index in [1.54, 1.807) is 0 Å². The van der Waals surface area contributed by atoms with E-state index in [1.165, 1.54) is 35.9 Å². The molecule has 0 atom stereocenters. The minimum atomic E-state index is -3.36. The highest BCUT2D eigenvalue weighted by Gasteiger charge is 2.19. The number of benzene rings is 3. The molecular weight excluding hydrogens is 415 g/mol. The summed E-state index contributed by atoms with van der Waals surface area (Å²) in [6.07, 6.45) is 0. The third-order valence-electron chi connectivity index (χ3n) is 3.86. The van der Waals surface area contributed by atoms with Crippen molar-refractivity contribution in [1.82, 2.24) is 0 Å². The van der Waals surface area contributed by atoms with Gasteiger partial charge in [0.2, 0.25) is 7.29 Å². The maximum absolute atomic E-state index is 13.7. The second-order valence-electron chi connectivity index (χ2n) is 6.01. The summed E-state index contributed by atoms with van der Waals surface area (Å²) in [6, 6.07) is 24.0. The van der Waals surface area contributed by atoms with Crippen LogP contribution in [0.4, 0.5) is 10.1 Å². The monoisotopic (exact) mass is 431 g/mol. The number of anilines is 1. The standard InChI is InChI=1S/C22H17Cl2FNOP/c23-21(17-7-3-1-4-8-17)15-28(27,26-20-13-11-19(25)12-14-20)16-22(24)18-9-5-2-6-10-18/h1-16H,(H,26,27)/b21-15-,22-16-. The molecule has 28 heavy (non-hydrogen) atoms. The number of nitrogens with one attached hydrogen (secondary N) is 1. The molecular formula is C22H17Cl2FNOP. The summed E-state index contributed by atoms with van der Waals surface area (Å²) in [5.74, 6) is 2.54. The average Bonchev–Trinajstić information content (AvgIpc) is 2.71. The third kappa shape index (κ3) is 5.59. The lowest BCUT2D eigenvalue weighted by atomic mass is 10.2. The quantitative estimate of drug-likeness (QED) is 0.400. The van der Waals surface area contributed by atoms with Gasteiger partial charge >= 0.3 is 0 Å². The number of hydrogen-bond donors (Lipinski definition) is 1. The van der Waals surface area contributed by atoms with E-state index in [4.69, 9.17) is 23.2 Å².